The molecule has 0 fully saturated rings. The van der Waals surface area contributed by atoms with E-state index in [4.69, 9.17) is 27.9 Å². The lowest BCUT2D eigenvalue weighted by atomic mass is 9.99. The molecule has 214 valence electrons. The van der Waals surface area contributed by atoms with Gasteiger partial charge in [-0.3, -0.25) is 14.5 Å². The van der Waals surface area contributed by atoms with Gasteiger partial charge in [0.1, 0.15) is 11.9 Å². The van der Waals surface area contributed by atoms with Crippen LogP contribution >= 0.6 is 23.2 Å². The molecule has 1 aliphatic rings. The van der Waals surface area contributed by atoms with Crippen LogP contribution in [0.2, 0.25) is 10.0 Å². The van der Waals surface area contributed by atoms with Gasteiger partial charge in [-0.05, 0) is 49.9 Å². The van der Waals surface area contributed by atoms with Crippen molar-refractivity contribution < 1.29 is 32.6 Å². The van der Waals surface area contributed by atoms with Crippen molar-refractivity contribution in [2.24, 2.45) is 5.92 Å². The van der Waals surface area contributed by atoms with Crippen molar-refractivity contribution in [3.05, 3.63) is 57.6 Å². The molecule has 1 heterocycles. The smallest absolute Gasteiger partial charge is 0.389 e. The summed E-state index contributed by atoms with van der Waals surface area (Å²) in [5, 5.41) is 13.2. The summed E-state index contributed by atoms with van der Waals surface area (Å²) in [7, 11) is 1.93. The van der Waals surface area contributed by atoms with E-state index in [1.54, 1.807) is 24.0 Å². The molecule has 0 aliphatic carbocycles. The first kappa shape index (κ1) is 31.0. The second kappa shape index (κ2) is 13.2. The number of rotatable bonds is 9. The fourth-order valence-electron chi connectivity index (χ4n) is 4.32. The van der Waals surface area contributed by atoms with E-state index in [9.17, 15) is 27.9 Å². The van der Waals surface area contributed by atoms with E-state index in [-0.39, 0.29) is 35.6 Å². The summed E-state index contributed by atoms with van der Waals surface area (Å²) in [6.45, 7) is 4.78. The highest BCUT2D eigenvalue weighted by molar-refractivity contribution is 6.42. The van der Waals surface area contributed by atoms with E-state index in [0.717, 1.165) is 5.56 Å². The monoisotopic (exact) mass is 589 g/mol. The predicted octanol–water partition coefficient (Wildman–Crippen LogP) is 5.63. The molecule has 12 heteroatoms. The SMILES string of the molecule is C[C@@H]1CN([C@H](C)CO)C(=O)c2cc(NC(=O)CCC(F)(F)F)ccc2O[C@H]1CN(C)Cc1ccc(Cl)c(Cl)c1. The standard InChI is InChI=1S/C27H32Cl2F3N3O4/c1-16-12-35(17(2)15-36)26(38)20-11-19(33-25(37)8-9-27(30,31)32)5-7-23(20)39-24(16)14-34(3)13-18-4-6-21(28)22(29)10-18/h4-7,10-11,16-17,24,36H,8-9,12-15H2,1-3H3,(H,33,37)/t16-,17-,24+/m1/s1. The molecular formula is C27H32Cl2F3N3O4. The van der Waals surface area contributed by atoms with Crippen molar-refractivity contribution in [2.75, 3.05) is 32.1 Å². The summed E-state index contributed by atoms with van der Waals surface area (Å²) in [5.41, 5.74) is 1.28. The Labute approximate surface area is 235 Å². The lowest BCUT2D eigenvalue weighted by molar-refractivity contribution is -0.142. The molecule has 0 unspecified atom stereocenters. The van der Waals surface area contributed by atoms with Crippen LogP contribution in [0.15, 0.2) is 36.4 Å². The Morgan fingerprint density at radius 1 is 1.23 bits per heavy atom. The van der Waals surface area contributed by atoms with Crippen LogP contribution in [0, 0.1) is 5.92 Å². The van der Waals surface area contributed by atoms with Gasteiger partial charge in [0.2, 0.25) is 5.91 Å². The lowest BCUT2D eigenvalue weighted by Gasteiger charge is -2.38. The van der Waals surface area contributed by atoms with E-state index in [1.165, 1.54) is 18.2 Å². The molecule has 3 atom stereocenters. The number of nitrogens with one attached hydrogen (secondary N) is 1. The highest BCUT2D eigenvalue weighted by Crippen LogP contribution is 2.31. The van der Waals surface area contributed by atoms with Crippen LogP contribution in [0.4, 0.5) is 18.9 Å². The number of benzene rings is 2. The van der Waals surface area contributed by atoms with Crippen LogP contribution in [-0.4, -0.2) is 71.8 Å². The zero-order valence-corrected chi connectivity index (χ0v) is 23.4. The van der Waals surface area contributed by atoms with Gasteiger partial charge in [-0.15, -0.1) is 0 Å². The molecule has 0 aromatic heterocycles. The van der Waals surface area contributed by atoms with E-state index in [2.05, 4.69) is 10.2 Å². The Kier molecular flexibility index (Phi) is 10.5. The number of aliphatic hydroxyl groups is 1. The maximum absolute atomic E-state index is 13.5. The number of fused-ring (bicyclic) bond motifs is 1. The molecule has 2 amide bonds. The first-order valence-electron chi connectivity index (χ1n) is 12.5. The number of anilines is 1. The minimum absolute atomic E-state index is 0.117. The summed E-state index contributed by atoms with van der Waals surface area (Å²) in [4.78, 5) is 29.2. The molecule has 2 N–H and O–H groups in total. The van der Waals surface area contributed by atoms with Gasteiger partial charge >= 0.3 is 6.18 Å². The van der Waals surface area contributed by atoms with Crippen molar-refractivity contribution in [1.82, 2.24) is 9.80 Å². The van der Waals surface area contributed by atoms with Crippen molar-refractivity contribution in [1.29, 1.82) is 0 Å². The van der Waals surface area contributed by atoms with E-state index < -0.39 is 36.9 Å². The molecule has 0 bridgehead atoms. The van der Waals surface area contributed by atoms with Crippen LogP contribution in [0.1, 0.15) is 42.6 Å². The number of likely N-dealkylation sites (N-methyl/N-ethyl adjacent to an activating group) is 1. The maximum Gasteiger partial charge on any atom is 0.389 e. The van der Waals surface area contributed by atoms with E-state index in [1.807, 2.05) is 20.0 Å². The fraction of sp³-hybridized carbons (Fsp3) is 0.481. The number of alkyl halides is 3. The van der Waals surface area contributed by atoms with Crippen LogP contribution in [0.25, 0.3) is 0 Å². The Hall–Kier alpha value is -2.53. The summed E-state index contributed by atoms with van der Waals surface area (Å²) < 4.78 is 43.8. The number of carbonyl (C=O) groups excluding carboxylic acids is 2. The molecule has 39 heavy (non-hydrogen) atoms. The van der Waals surface area contributed by atoms with E-state index >= 15 is 0 Å². The normalized spacial score (nSPS) is 18.7. The number of hydrogen-bond donors (Lipinski definition) is 2. The molecular weight excluding hydrogens is 558 g/mol. The van der Waals surface area contributed by atoms with E-state index in [0.29, 0.717) is 29.7 Å². The van der Waals surface area contributed by atoms with Gasteiger partial charge < -0.3 is 20.1 Å². The number of nitrogens with zero attached hydrogens (tertiary/aromatic N) is 2. The van der Waals surface area contributed by atoms with Gasteiger partial charge in [0.05, 0.1) is 34.7 Å². The first-order valence-corrected chi connectivity index (χ1v) is 13.2. The molecule has 1 aliphatic heterocycles. The summed E-state index contributed by atoms with van der Waals surface area (Å²) >= 11 is 12.2. The minimum atomic E-state index is -4.45. The average molecular weight is 590 g/mol. The zero-order chi connectivity index (χ0) is 28.9. The molecule has 2 aromatic carbocycles. The van der Waals surface area contributed by atoms with Gasteiger partial charge in [-0.1, -0.05) is 36.2 Å². The second-order valence-corrected chi connectivity index (χ2v) is 10.8. The number of aliphatic hydroxyl groups excluding tert-OH is 1. The predicted molar refractivity (Wildman–Crippen MR) is 144 cm³/mol. The summed E-state index contributed by atoms with van der Waals surface area (Å²) in [6.07, 6.45) is -6.79. The third kappa shape index (κ3) is 8.73. The molecule has 7 nitrogen and oxygen atoms in total. The fourth-order valence-corrected chi connectivity index (χ4v) is 4.64. The molecule has 0 spiro atoms. The topological polar surface area (TPSA) is 82.1 Å². The quantitative estimate of drug-likeness (QED) is 0.396. The Balaban J connectivity index is 1.84. The maximum atomic E-state index is 13.5. The number of halogens is 5. The van der Waals surface area contributed by atoms with Crippen molar-refractivity contribution in [3.63, 3.8) is 0 Å². The van der Waals surface area contributed by atoms with Crippen molar-refractivity contribution in [3.8, 4) is 5.75 Å². The number of hydrogen-bond acceptors (Lipinski definition) is 5. The molecule has 3 rings (SSSR count). The highest BCUT2D eigenvalue weighted by Gasteiger charge is 2.34. The second-order valence-electron chi connectivity index (χ2n) is 9.94. The Morgan fingerprint density at radius 3 is 2.59 bits per heavy atom. The van der Waals surface area contributed by atoms with Gasteiger partial charge in [0.15, 0.2) is 0 Å². The summed E-state index contributed by atoms with van der Waals surface area (Å²) in [5.74, 6) is -1.06. The molecule has 0 saturated heterocycles. The average Bonchev–Trinajstić information content (AvgIpc) is 2.86. The third-order valence-corrected chi connectivity index (χ3v) is 7.25. The Bertz CT molecular complexity index is 1180. The zero-order valence-electron chi connectivity index (χ0n) is 21.9. The van der Waals surface area contributed by atoms with Crippen LogP contribution < -0.4 is 10.1 Å². The third-order valence-electron chi connectivity index (χ3n) is 6.51. The minimum Gasteiger partial charge on any atom is -0.488 e. The van der Waals surface area contributed by atoms with Gasteiger partial charge in [0.25, 0.3) is 5.91 Å². The van der Waals surface area contributed by atoms with Gasteiger partial charge in [0, 0.05) is 37.7 Å². The van der Waals surface area contributed by atoms with Crippen molar-refractivity contribution >= 4 is 40.7 Å². The molecule has 2 aromatic rings. The van der Waals surface area contributed by atoms with Crippen LogP contribution in [0.5, 0.6) is 5.75 Å². The largest absolute Gasteiger partial charge is 0.488 e. The highest BCUT2D eigenvalue weighted by atomic mass is 35.5. The molecule has 0 saturated carbocycles. The number of amides is 2. The van der Waals surface area contributed by atoms with Gasteiger partial charge in [-0.2, -0.15) is 13.2 Å². The Morgan fingerprint density at radius 2 is 1.95 bits per heavy atom. The first-order chi connectivity index (χ1) is 18.3. The van der Waals surface area contributed by atoms with Crippen LogP contribution in [0.3, 0.4) is 0 Å². The van der Waals surface area contributed by atoms with Gasteiger partial charge in [-0.25, -0.2) is 0 Å². The number of ether oxygens (including phenoxy) is 1. The van der Waals surface area contributed by atoms with Crippen molar-refractivity contribution in [2.45, 2.75) is 51.6 Å². The lowest BCUT2D eigenvalue weighted by Crippen LogP contribution is -2.49. The number of carbonyl (C=O) groups is 2. The van der Waals surface area contributed by atoms with Crippen LogP contribution in [-0.2, 0) is 11.3 Å². The summed E-state index contributed by atoms with van der Waals surface area (Å²) in [6, 6.07) is 9.33. The molecule has 0 radical (unpaired) electrons.